The van der Waals surface area contributed by atoms with Gasteiger partial charge in [-0.25, -0.2) is 0 Å². The van der Waals surface area contributed by atoms with Crippen molar-refractivity contribution in [3.63, 3.8) is 0 Å². The number of carbonyl (C=O) groups excluding carboxylic acids is 3. The summed E-state index contributed by atoms with van der Waals surface area (Å²) >= 11 is 0. The Bertz CT molecular complexity index is 553. The molecule has 0 aromatic rings. The monoisotopic (exact) mass is 319 g/mol. The highest BCUT2D eigenvalue weighted by Crippen LogP contribution is 2.57. The Hall–Kier alpha value is -1.49. The molecule has 0 aromatic heterocycles. The lowest BCUT2D eigenvalue weighted by molar-refractivity contribution is -0.161. The Morgan fingerprint density at radius 3 is 2.57 bits per heavy atom. The Morgan fingerprint density at radius 1 is 1.13 bits per heavy atom. The normalized spacial score (nSPS) is 33.0. The molecule has 0 amide bonds. The topological polar surface area (TPSA) is 72.5 Å². The highest BCUT2D eigenvalue weighted by molar-refractivity contribution is 6.10. The molecule has 126 valence electrons. The number of esters is 1. The van der Waals surface area contributed by atoms with E-state index in [0.717, 1.165) is 37.7 Å². The van der Waals surface area contributed by atoms with Crippen molar-refractivity contribution >= 4 is 17.5 Å². The van der Waals surface area contributed by atoms with Crippen LogP contribution in [-0.4, -0.2) is 37.7 Å². The molecule has 23 heavy (non-hydrogen) atoms. The van der Waals surface area contributed by atoms with Gasteiger partial charge in [-0.1, -0.05) is 12.5 Å². The lowest BCUT2D eigenvalue weighted by Crippen LogP contribution is -2.49. The van der Waals surface area contributed by atoms with E-state index in [4.69, 9.17) is 4.74 Å². The second-order valence-corrected chi connectivity index (χ2v) is 7.11. The summed E-state index contributed by atoms with van der Waals surface area (Å²) in [5, 5.41) is 3.21. The maximum absolute atomic E-state index is 13.0. The second kappa shape index (κ2) is 6.19. The maximum Gasteiger partial charge on any atom is 0.314 e. The molecule has 0 unspecified atom stereocenters. The minimum absolute atomic E-state index is 0.0540. The van der Waals surface area contributed by atoms with Gasteiger partial charge in [-0.05, 0) is 44.1 Å². The van der Waals surface area contributed by atoms with Gasteiger partial charge in [0.15, 0.2) is 5.78 Å². The van der Waals surface area contributed by atoms with E-state index in [2.05, 4.69) is 5.32 Å². The van der Waals surface area contributed by atoms with Gasteiger partial charge in [-0.3, -0.25) is 14.4 Å². The molecule has 5 nitrogen and oxygen atoms in total. The molecular formula is C18H25NO4. The van der Waals surface area contributed by atoms with Gasteiger partial charge in [0.05, 0.1) is 24.4 Å². The number of nitrogens with one attached hydrogen (secondary N) is 1. The minimum Gasteiger partial charge on any atom is -0.469 e. The standard InChI is InChI=1S/C18H25NO4/c1-23-16(22)18-9-5-8-17(18,11-19-12-18)15(21)10-14(20)13-6-3-2-4-7-13/h6,19H,2-5,7-12H2,1H3/t17-,18+/m1/s1. The molecule has 0 aromatic carbocycles. The Kier molecular flexibility index (Phi) is 4.41. The summed E-state index contributed by atoms with van der Waals surface area (Å²) in [6.07, 6.45) is 7.90. The molecule has 0 spiro atoms. The van der Waals surface area contributed by atoms with Crippen LogP contribution in [0.3, 0.4) is 0 Å². The van der Waals surface area contributed by atoms with E-state index < -0.39 is 10.8 Å². The van der Waals surface area contributed by atoms with Crippen LogP contribution >= 0.6 is 0 Å². The molecule has 3 aliphatic rings. The number of methoxy groups -OCH3 is 1. The molecule has 1 heterocycles. The van der Waals surface area contributed by atoms with Crippen molar-refractivity contribution in [1.29, 1.82) is 0 Å². The van der Waals surface area contributed by atoms with E-state index in [-0.39, 0.29) is 24.0 Å². The minimum atomic E-state index is -0.778. The largest absolute Gasteiger partial charge is 0.469 e. The molecule has 2 aliphatic carbocycles. The van der Waals surface area contributed by atoms with Crippen molar-refractivity contribution in [2.24, 2.45) is 10.8 Å². The molecule has 2 fully saturated rings. The van der Waals surface area contributed by atoms with Gasteiger partial charge in [0.2, 0.25) is 0 Å². The number of allylic oxidation sites excluding steroid dienone is 2. The number of hydrogen-bond donors (Lipinski definition) is 1. The molecule has 1 aliphatic heterocycles. The predicted octanol–water partition coefficient (Wildman–Crippen LogP) is 1.95. The summed E-state index contributed by atoms with van der Waals surface area (Å²) in [7, 11) is 1.38. The second-order valence-electron chi connectivity index (χ2n) is 7.11. The Balaban J connectivity index is 1.81. The highest BCUT2D eigenvalue weighted by Gasteiger charge is 2.66. The van der Waals surface area contributed by atoms with Crippen LogP contribution < -0.4 is 5.32 Å². The zero-order valence-electron chi connectivity index (χ0n) is 13.8. The first-order valence-electron chi connectivity index (χ1n) is 8.60. The molecule has 0 radical (unpaired) electrons. The fourth-order valence-corrected chi connectivity index (χ4v) is 4.76. The quantitative estimate of drug-likeness (QED) is 0.619. The fraction of sp³-hybridized carbons (Fsp3) is 0.722. The van der Waals surface area contributed by atoms with Crippen molar-refractivity contribution in [3.8, 4) is 0 Å². The number of rotatable bonds is 5. The van der Waals surface area contributed by atoms with Gasteiger partial charge in [0.1, 0.15) is 5.78 Å². The van der Waals surface area contributed by atoms with Gasteiger partial charge in [0, 0.05) is 13.1 Å². The van der Waals surface area contributed by atoms with E-state index in [9.17, 15) is 14.4 Å². The number of carbonyl (C=O) groups is 3. The maximum atomic E-state index is 13.0. The van der Waals surface area contributed by atoms with Crippen molar-refractivity contribution in [3.05, 3.63) is 11.6 Å². The third-order valence-electron chi connectivity index (χ3n) is 6.06. The first kappa shape index (κ1) is 16.4. The third kappa shape index (κ3) is 2.45. The smallest absolute Gasteiger partial charge is 0.314 e. The van der Waals surface area contributed by atoms with Gasteiger partial charge >= 0.3 is 5.97 Å². The van der Waals surface area contributed by atoms with E-state index in [1.165, 1.54) is 7.11 Å². The number of hydrogen-bond acceptors (Lipinski definition) is 5. The van der Waals surface area contributed by atoms with Gasteiger partial charge in [-0.15, -0.1) is 0 Å². The van der Waals surface area contributed by atoms with Crippen LogP contribution in [0.5, 0.6) is 0 Å². The number of ether oxygens (including phenoxy) is 1. The van der Waals surface area contributed by atoms with Gasteiger partial charge in [-0.2, -0.15) is 0 Å². The summed E-state index contributed by atoms with van der Waals surface area (Å²) < 4.78 is 5.01. The molecule has 3 rings (SSSR count). The van der Waals surface area contributed by atoms with Crippen molar-refractivity contribution < 1.29 is 19.1 Å². The Morgan fingerprint density at radius 2 is 1.87 bits per heavy atom. The first-order chi connectivity index (χ1) is 11.1. The number of Topliss-reactive ketones (excluding diaryl/α,β-unsaturated/α-hetero) is 2. The van der Waals surface area contributed by atoms with Gasteiger partial charge in [0.25, 0.3) is 0 Å². The number of fused-ring (bicyclic) bond motifs is 1. The van der Waals surface area contributed by atoms with Crippen molar-refractivity contribution in [2.45, 2.75) is 51.4 Å². The van der Waals surface area contributed by atoms with Crippen LogP contribution in [0.15, 0.2) is 11.6 Å². The molecule has 0 bridgehead atoms. The zero-order chi connectivity index (χ0) is 16.5. The lowest BCUT2D eigenvalue weighted by atomic mass is 9.64. The van der Waals surface area contributed by atoms with E-state index in [0.29, 0.717) is 25.9 Å². The SMILES string of the molecule is COC(=O)[C@@]12CCC[C@]1(C(=O)CC(=O)C1=CCCCC1)CNC2. The van der Waals surface area contributed by atoms with Crippen LogP contribution in [0.2, 0.25) is 0 Å². The average Bonchev–Trinajstić information content (AvgIpc) is 3.12. The average molecular weight is 319 g/mol. The Labute approximate surface area is 136 Å². The van der Waals surface area contributed by atoms with Crippen molar-refractivity contribution in [1.82, 2.24) is 5.32 Å². The highest BCUT2D eigenvalue weighted by atomic mass is 16.5. The fourth-order valence-electron chi connectivity index (χ4n) is 4.76. The molecule has 1 saturated carbocycles. The molecule has 5 heteroatoms. The van der Waals surface area contributed by atoms with Crippen LogP contribution in [0.4, 0.5) is 0 Å². The van der Waals surface area contributed by atoms with E-state index >= 15 is 0 Å². The summed E-state index contributed by atoms with van der Waals surface area (Å²) in [5.74, 6) is -0.443. The molecule has 1 saturated heterocycles. The van der Waals surface area contributed by atoms with E-state index in [1.807, 2.05) is 6.08 Å². The lowest BCUT2D eigenvalue weighted by Gasteiger charge is -2.35. The summed E-state index contributed by atoms with van der Waals surface area (Å²) in [6.45, 7) is 0.954. The van der Waals surface area contributed by atoms with Crippen LogP contribution in [-0.2, 0) is 19.1 Å². The summed E-state index contributed by atoms with van der Waals surface area (Å²) in [6, 6.07) is 0. The van der Waals surface area contributed by atoms with E-state index in [1.54, 1.807) is 0 Å². The third-order valence-corrected chi connectivity index (χ3v) is 6.06. The molecule has 2 atom stereocenters. The summed E-state index contributed by atoms with van der Waals surface area (Å²) in [4.78, 5) is 37.9. The zero-order valence-corrected chi connectivity index (χ0v) is 13.8. The predicted molar refractivity (Wildman–Crippen MR) is 84.8 cm³/mol. The van der Waals surface area contributed by atoms with Crippen molar-refractivity contribution in [2.75, 3.05) is 20.2 Å². The summed E-state index contributed by atoms with van der Waals surface area (Å²) in [5.41, 5.74) is -0.737. The first-order valence-corrected chi connectivity index (χ1v) is 8.60. The van der Waals surface area contributed by atoms with Crippen LogP contribution in [0.25, 0.3) is 0 Å². The van der Waals surface area contributed by atoms with Gasteiger partial charge < -0.3 is 10.1 Å². The number of ketones is 2. The molecular weight excluding hydrogens is 294 g/mol. The van der Waals surface area contributed by atoms with Crippen LogP contribution in [0.1, 0.15) is 51.4 Å². The van der Waals surface area contributed by atoms with Crippen LogP contribution in [0, 0.1) is 10.8 Å². The molecule has 1 N–H and O–H groups in total.